The van der Waals surface area contributed by atoms with Gasteiger partial charge < -0.3 is 14.6 Å². The zero-order valence-corrected chi connectivity index (χ0v) is 17.6. The van der Waals surface area contributed by atoms with E-state index in [9.17, 15) is 14.4 Å². The molecule has 0 bridgehead atoms. The van der Waals surface area contributed by atoms with E-state index < -0.39 is 17.9 Å². The summed E-state index contributed by atoms with van der Waals surface area (Å²) in [4.78, 5) is 42.2. The van der Waals surface area contributed by atoms with Gasteiger partial charge in [-0.3, -0.25) is 14.6 Å². The number of nitrogens with zero attached hydrogens (tertiary/aromatic N) is 2. The Bertz CT molecular complexity index is 1100. The Morgan fingerprint density at radius 3 is 2.53 bits per heavy atom. The number of thioether (sulfide) groups is 1. The second kappa shape index (κ2) is 10.1. The fraction of sp³-hybridized carbons (Fsp3) is 0.273. The van der Waals surface area contributed by atoms with E-state index in [-0.39, 0.29) is 5.56 Å². The van der Waals surface area contributed by atoms with Crippen molar-refractivity contribution < 1.29 is 14.3 Å². The molecule has 0 spiro atoms. The summed E-state index contributed by atoms with van der Waals surface area (Å²) in [6.45, 7) is 0.305. The average Bonchev–Trinajstić information content (AvgIpc) is 2.78. The molecule has 0 radical (unpaired) electrons. The summed E-state index contributed by atoms with van der Waals surface area (Å²) in [6, 6.07) is 9.85. The summed E-state index contributed by atoms with van der Waals surface area (Å²) < 4.78 is 6.33. The number of amides is 1. The van der Waals surface area contributed by atoms with Gasteiger partial charge in [0.25, 0.3) is 11.5 Å². The van der Waals surface area contributed by atoms with Crippen LogP contribution in [0.4, 0.5) is 0 Å². The van der Waals surface area contributed by atoms with Crippen molar-refractivity contribution >= 4 is 34.4 Å². The number of fused-ring (bicyclic) bond motifs is 1. The number of hydrogen-bond acceptors (Lipinski definition) is 6. The number of hydrogen-bond donors (Lipinski definition) is 1. The van der Waals surface area contributed by atoms with Crippen LogP contribution in [-0.2, 0) is 16.1 Å². The van der Waals surface area contributed by atoms with Gasteiger partial charge in [-0.15, -0.1) is 0 Å². The molecule has 8 heteroatoms. The molecule has 2 aromatic heterocycles. The summed E-state index contributed by atoms with van der Waals surface area (Å²) in [5.74, 6) is -0.222. The van der Waals surface area contributed by atoms with Gasteiger partial charge in [-0.05, 0) is 42.2 Å². The second-order valence-corrected chi connectivity index (χ2v) is 7.69. The van der Waals surface area contributed by atoms with E-state index in [0.717, 1.165) is 5.56 Å². The lowest BCUT2D eigenvalue weighted by atomic mass is 10.1. The lowest BCUT2D eigenvalue weighted by Gasteiger charge is -2.18. The summed E-state index contributed by atoms with van der Waals surface area (Å²) in [6.07, 6.45) is 7.24. The maximum absolute atomic E-state index is 13.1. The van der Waals surface area contributed by atoms with Crippen LogP contribution in [0.1, 0.15) is 22.3 Å². The summed E-state index contributed by atoms with van der Waals surface area (Å²) in [7, 11) is 1.30. The average molecular weight is 426 g/mol. The normalized spacial score (nSPS) is 11.8. The number of nitrogens with one attached hydrogen (secondary N) is 1. The highest BCUT2D eigenvalue weighted by molar-refractivity contribution is 7.98. The van der Waals surface area contributed by atoms with Gasteiger partial charge in [0.1, 0.15) is 6.04 Å². The number of pyridine rings is 2. The topological polar surface area (TPSA) is 90.3 Å². The van der Waals surface area contributed by atoms with E-state index in [1.165, 1.54) is 11.7 Å². The van der Waals surface area contributed by atoms with Crippen molar-refractivity contribution in [3.8, 4) is 0 Å². The van der Waals surface area contributed by atoms with Crippen molar-refractivity contribution in [3.05, 3.63) is 76.5 Å². The van der Waals surface area contributed by atoms with Crippen molar-refractivity contribution in [1.82, 2.24) is 14.9 Å². The molecule has 3 rings (SSSR count). The predicted molar refractivity (Wildman–Crippen MR) is 118 cm³/mol. The van der Waals surface area contributed by atoms with Crippen molar-refractivity contribution in [2.24, 2.45) is 0 Å². The monoisotopic (exact) mass is 425 g/mol. The molecule has 1 atom stereocenters. The van der Waals surface area contributed by atoms with Gasteiger partial charge in [-0.2, -0.15) is 11.8 Å². The third-order valence-electron chi connectivity index (χ3n) is 4.74. The number of esters is 1. The third-order valence-corrected chi connectivity index (χ3v) is 5.39. The van der Waals surface area contributed by atoms with E-state index in [2.05, 4.69) is 10.3 Å². The molecular weight excluding hydrogens is 402 g/mol. The molecule has 1 unspecified atom stereocenters. The molecule has 2 heterocycles. The van der Waals surface area contributed by atoms with Gasteiger partial charge in [-0.1, -0.05) is 18.2 Å². The van der Waals surface area contributed by atoms with E-state index in [1.54, 1.807) is 54.6 Å². The molecule has 1 aromatic carbocycles. The predicted octanol–water partition coefficient (Wildman–Crippen LogP) is 2.47. The Morgan fingerprint density at radius 1 is 1.17 bits per heavy atom. The Kier molecular flexibility index (Phi) is 7.24. The smallest absolute Gasteiger partial charge is 0.328 e. The standard InChI is InChI=1S/C22H23N3O4S/c1-29-22(28)19(9-12-30-2)24-20(26)18-14-25(13-15-7-10-23-11-8-15)21(27)17-6-4-3-5-16(17)18/h3-8,10-11,14,19H,9,12-13H2,1-2H3,(H,24,26). The van der Waals surface area contributed by atoms with Crippen LogP contribution in [0.5, 0.6) is 0 Å². The molecular formula is C22H23N3O4S. The van der Waals surface area contributed by atoms with Crippen molar-refractivity contribution in [2.75, 3.05) is 19.1 Å². The van der Waals surface area contributed by atoms with Crippen molar-refractivity contribution in [3.63, 3.8) is 0 Å². The maximum Gasteiger partial charge on any atom is 0.328 e. The number of carbonyl (C=O) groups is 2. The van der Waals surface area contributed by atoms with Gasteiger partial charge in [-0.25, -0.2) is 4.79 Å². The third kappa shape index (κ3) is 4.88. The minimum Gasteiger partial charge on any atom is -0.467 e. The number of rotatable bonds is 8. The van der Waals surface area contributed by atoms with Gasteiger partial charge in [0.05, 0.1) is 19.2 Å². The quantitative estimate of drug-likeness (QED) is 0.558. The van der Waals surface area contributed by atoms with Crippen LogP contribution < -0.4 is 10.9 Å². The van der Waals surface area contributed by atoms with Gasteiger partial charge in [0.15, 0.2) is 0 Å². The van der Waals surface area contributed by atoms with Crippen LogP contribution in [0, 0.1) is 0 Å². The Labute approximate surface area is 178 Å². The molecule has 0 aliphatic heterocycles. The number of methoxy groups -OCH3 is 1. The van der Waals surface area contributed by atoms with Crippen LogP contribution in [0.3, 0.4) is 0 Å². The Balaban J connectivity index is 2.01. The van der Waals surface area contributed by atoms with Crippen LogP contribution in [0.2, 0.25) is 0 Å². The Morgan fingerprint density at radius 2 is 1.87 bits per heavy atom. The fourth-order valence-corrected chi connectivity index (χ4v) is 3.66. The molecule has 0 saturated heterocycles. The highest BCUT2D eigenvalue weighted by Crippen LogP contribution is 2.17. The van der Waals surface area contributed by atoms with Gasteiger partial charge in [0, 0.05) is 29.4 Å². The zero-order valence-electron chi connectivity index (χ0n) is 16.8. The Hall–Kier alpha value is -3.13. The molecule has 0 saturated carbocycles. The zero-order chi connectivity index (χ0) is 21.5. The lowest BCUT2D eigenvalue weighted by molar-refractivity contribution is -0.142. The molecule has 1 N–H and O–H groups in total. The molecule has 0 fully saturated rings. The van der Waals surface area contributed by atoms with Crippen LogP contribution in [-0.4, -0.2) is 46.6 Å². The first-order valence-corrected chi connectivity index (χ1v) is 10.8. The van der Waals surface area contributed by atoms with E-state index in [1.807, 2.05) is 18.4 Å². The number of benzene rings is 1. The highest BCUT2D eigenvalue weighted by Gasteiger charge is 2.23. The summed E-state index contributed by atoms with van der Waals surface area (Å²) in [5.41, 5.74) is 1.03. The summed E-state index contributed by atoms with van der Waals surface area (Å²) in [5, 5.41) is 3.75. The SMILES string of the molecule is COC(=O)C(CCSC)NC(=O)c1cn(Cc2ccncc2)c(=O)c2ccccc12. The molecule has 0 aliphatic carbocycles. The molecule has 1 amide bonds. The fourth-order valence-electron chi connectivity index (χ4n) is 3.19. The number of carbonyl (C=O) groups excluding carboxylic acids is 2. The first-order valence-electron chi connectivity index (χ1n) is 9.44. The largest absolute Gasteiger partial charge is 0.467 e. The number of ether oxygens (including phenoxy) is 1. The first-order chi connectivity index (χ1) is 14.5. The van der Waals surface area contributed by atoms with E-state index >= 15 is 0 Å². The van der Waals surface area contributed by atoms with E-state index in [4.69, 9.17) is 4.74 Å². The minimum atomic E-state index is -0.755. The molecule has 3 aromatic rings. The molecule has 30 heavy (non-hydrogen) atoms. The van der Waals surface area contributed by atoms with Crippen molar-refractivity contribution in [1.29, 1.82) is 0 Å². The van der Waals surface area contributed by atoms with Gasteiger partial charge >= 0.3 is 5.97 Å². The van der Waals surface area contributed by atoms with Crippen LogP contribution in [0.25, 0.3) is 10.8 Å². The lowest BCUT2D eigenvalue weighted by Crippen LogP contribution is -2.42. The van der Waals surface area contributed by atoms with Crippen molar-refractivity contribution in [2.45, 2.75) is 19.0 Å². The van der Waals surface area contributed by atoms with E-state index in [0.29, 0.717) is 35.1 Å². The number of aromatic nitrogens is 2. The van der Waals surface area contributed by atoms with Gasteiger partial charge in [0.2, 0.25) is 0 Å². The molecule has 7 nitrogen and oxygen atoms in total. The highest BCUT2D eigenvalue weighted by atomic mass is 32.2. The van der Waals surface area contributed by atoms with Crippen LogP contribution in [0.15, 0.2) is 59.8 Å². The molecule has 0 aliphatic rings. The second-order valence-electron chi connectivity index (χ2n) is 6.71. The first kappa shape index (κ1) is 21.6. The van der Waals surface area contributed by atoms with Crippen LogP contribution >= 0.6 is 11.8 Å². The minimum absolute atomic E-state index is 0.189. The maximum atomic E-state index is 13.1. The summed E-state index contributed by atoms with van der Waals surface area (Å²) >= 11 is 1.58. The molecule has 156 valence electrons.